The molecule has 0 radical (unpaired) electrons. The zero-order chi connectivity index (χ0) is 18.9. The van der Waals surface area contributed by atoms with Crippen LogP contribution in [0.4, 0.5) is 0 Å². The number of unbranched alkanes of at least 4 members (excludes halogenated alkanes) is 1. The molecule has 0 fully saturated rings. The normalized spacial score (nSPS) is 13.6. The van der Waals surface area contributed by atoms with E-state index in [1.54, 1.807) is 11.1 Å². The van der Waals surface area contributed by atoms with Crippen LogP contribution in [0.3, 0.4) is 0 Å². The van der Waals surface area contributed by atoms with E-state index in [1.165, 1.54) is 56.9 Å². The second kappa shape index (κ2) is 16.2. The van der Waals surface area contributed by atoms with Crippen LogP contribution in [0.2, 0.25) is 0 Å². The lowest BCUT2D eigenvalue weighted by Gasteiger charge is -2.12. The summed E-state index contributed by atoms with van der Waals surface area (Å²) >= 11 is 0. The van der Waals surface area contributed by atoms with Crippen LogP contribution in [0.15, 0.2) is 59.8 Å². The molecule has 0 aromatic heterocycles. The van der Waals surface area contributed by atoms with E-state index in [-0.39, 0.29) is 0 Å². The van der Waals surface area contributed by atoms with E-state index in [2.05, 4.69) is 71.6 Å². The minimum atomic E-state index is 0.648. The topological polar surface area (TPSA) is 0 Å². The molecule has 0 aliphatic heterocycles. The Hall–Kier alpha value is -1.30. The fraction of sp³-hybridized carbons (Fsp3) is 0.600. The van der Waals surface area contributed by atoms with Crippen molar-refractivity contribution in [2.24, 2.45) is 5.92 Å². The largest absolute Gasteiger partial charge is 0.0991 e. The van der Waals surface area contributed by atoms with Gasteiger partial charge in [-0.2, -0.15) is 0 Å². The summed E-state index contributed by atoms with van der Waals surface area (Å²) in [5.41, 5.74) is 4.77. The maximum Gasteiger partial charge on any atom is -0.0133 e. The second-order valence-electron chi connectivity index (χ2n) is 7.14. The van der Waals surface area contributed by atoms with E-state index in [1.807, 2.05) is 6.08 Å². The van der Waals surface area contributed by atoms with Gasteiger partial charge in [0.25, 0.3) is 0 Å². The predicted molar refractivity (Wildman–Crippen MR) is 117 cm³/mol. The molecule has 0 aromatic rings. The van der Waals surface area contributed by atoms with Crippen molar-refractivity contribution in [3.63, 3.8) is 0 Å². The van der Waals surface area contributed by atoms with Gasteiger partial charge in [0.1, 0.15) is 0 Å². The van der Waals surface area contributed by atoms with Crippen molar-refractivity contribution in [3.8, 4) is 0 Å². The van der Waals surface area contributed by atoms with Crippen molar-refractivity contribution in [1.82, 2.24) is 0 Å². The van der Waals surface area contributed by atoms with Crippen molar-refractivity contribution in [3.05, 3.63) is 59.8 Å². The van der Waals surface area contributed by atoms with Crippen LogP contribution < -0.4 is 0 Å². The Morgan fingerprint density at radius 3 is 2.28 bits per heavy atom. The summed E-state index contributed by atoms with van der Waals surface area (Å²) in [5.74, 6) is 0.648. The molecule has 0 amide bonds. The van der Waals surface area contributed by atoms with Crippen LogP contribution in [0.1, 0.15) is 92.4 Å². The fourth-order valence-corrected chi connectivity index (χ4v) is 3.21. The lowest BCUT2D eigenvalue weighted by Crippen LogP contribution is -1.92. The molecular formula is C25H42. The summed E-state index contributed by atoms with van der Waals surface area (Å²) in [6, 6.07) is 0. The Labute approximate surface area is 158 Å². The van der Waals surface area contributed by atoms with Gasteiger partial charge in [0.05, 0.1) is 0 Å². The van der Waals surface area contributed by atoms with Gasteiger partial charge in [-0.1, -0.05) is 100 Å². The second-order valence-corrected chi connectivity index (χ2v) is 7.14. The average molecular weight is 343 g/mol. The van der Waals surface area contributed by atoms with Gasteiger partial charge in [-0.25, -0.2) is 0 Å². The zero-order valence-corrected chi connectivity index (χ0v) is 17.6. The third-order valence-electron chi connectivity index (χ3n) is 4.68. The van der Waals surface area contributed by atoms with Gasteiger partial charge in [0.15, 0.2) is 0 Å². The first-order valence-electron chi connectivity index (χ1n) is 10.4. The first-order chi connectivity index (χ1) is 12.1. The lowest BCUT2D eigenvalue weighted by atomic mass is 9.95. The Morgan fingerprint density at radius 1 is 1.04 bits per heavy atom. The highest BCUT2D eigenvalue weighted by Crippen LogP contribution is 2.22. The molecule has 0 N–H and O–H groups in total. The molecule has 0 aliphatic rings. The zero-order valence-electron chi connectivity index (χ0n) is 17.6. The van der Waals surface area contributed by atoms with Gasteiger partial charge < -0.3 is 0 Å². The van der Waals surface area contributed by atoms with E-state index in [0.717, 1.165) is 6.42 Å². The third kappa shape index (κ3) is 12.7. The smallest absolute Gasteiger partial charge is 0.0133 e. The summed E-state index contributed by atoms with van der Waals surface area (Å²) < 4.78 is 0. The molecular weight excluding hydrogens is 300 g/mol. The summed E-state index contributed by atoms with van der Waals surface area (Å²) in [6.07, 6.45) is 24.3. The van der Waals surface area contributed by atoms with E-state index in [9.17, 15) is 0 Å². The Kier molecular flexibility index (Phi) is 15.3. The van der Waals surface area contributed by atoms with Crippen molar-refractivity contribution in [2.75, 3.05) is 0 Å². The molecule has 0 spiro atoms. The molecule has 0 heteroatoms. The van der Waals surface area contributed by atoms with Crippen molar-refractivity contribution in [1.29, 1.82) is 0 Å². The van der Waals surface area contributed by atoms with Gasteiger partial charge >= 0.3 is 0 Å². The lowest BCUT2D eigenvalue weighted by molar-refractivity contribution is 0.611. The summed E-state index contributed by atoms with van der Waals surface area (Å²) in [6.45, 7) is 15.1. The Bertz CT molecular complexity index is 448. The minimum absolute atomic E-state index is 0.648. The molecule has 0 saturated heterocycles. The monoisotopic (exact) mass is 342 g/mol. The highest BCUT2D eigenvalue weighted by Gasteiger charge is 2.02. The molecule has 0 aliphatic carbocycles. The number of allylic oxidation sites excluding steroid dienone is 9. The third-order valence-corrected chi connectivity index (χ3v) is 4.68. The SMILES string of the molecule is C=C/C=C\C(C)CCC/C=C(C)\C=C/CC(CC)=C(CCC)CCC. The van der Waals surface area contributed by atoms with Crippen LogP contribution in [-0.2, 0) is 0 Å². The van der Waals surface area contributed by atoms with Crippen LogP contribution in [-0.4, -0.2) is 0 Å². The quantitative estimate of drug-likeness (QED) is 0.168. The Morgan fingerprint density at radius 2 is 1.72 bits per heavy atom. The van der Waals surface area contributed by atoms with Crippen molar-refractivity contribution in [2.45, 2.75) is 92.4 Å². The van der Waals surface area contributed by atoms with Crippen LogP contribution >= 0.6 is 0 Å². The van der Waals surface area contributed by atoms with Crippen LogP contribution in [0, 0.1) is 5.92 Å². The van der Waals surface area contributed by atoms with Crippen LogP contribution in [0.5, 0.6) is 0 Å². The van der Waals surface area contributed by atoms with Crippen molar-refractivity contribution < 1.29 is 0 Å². The molecule has 1 unspecified atom stereocenters. The number of hydrogen-bond acceptors (Lipinski definition) is 0. The molecule has 0 aromatic carbocycles. The molecule has 0 bridgehead atoms. The van der Waals surface area contributed by atoms with Gasteiger partial charge in [0, 0.05) is 0 Å². The molecule has 0 rings (SSSR count). The standard InChI is InChI=1S/C25H42/c1-7-11-17-22(5)18-12-13-19-23(6)20-14-21-24(10-4)25(15-8-2)16-9-3/h7,11,14,17,19-20,22H,1,8-10,12-13,15-16,18,21H2,2-6H3/b17-11-,20-14-,23-19-. The van der Waals surface area contributed by atoms with Crippen molar-refractivity contribution >= 4 is 0 Å². The maximum atomic E-state index is 3.72. The highest BCUT2D eigenvalue weighted by molar-refractivity contribution is 5.21. The maximum absolute atomic E-state index is 3.72. The summed E-state index contributed by atoms with van der Waals surface area (Å²) in [4.78, 5) is 0. The summed E-state index contributed by atoms with van der Waals surface area (Å²) in [5, 5.41) is 0. The summed E-state index contributed by atoms with van der Waals surface area (Å²) in [7, 11) is 0. The Balaban J connectivity index is 4.42. The molecule has 1 atom stereocenters. The van der Waals surface area contributed by atoms with Gasteiger partial charge in [-0.05, 0) is 57.8 Å². The average Bonchev–Trinajstić information content (AvgIpc) is 2.60. The number of rotatable bonds is 14. The molecule has 0 heterocycles. The fourth-order valence-electron chi connectivity index (χ4n) is 3.21. The van der Waals surface area contributed by atoms with E-state index in [0.29, 0.717) is 5.92 Å². The first-order valence-corrected chi connectivity index (χ1v) is 10.4. The van der Waals surface area contributed by atoms with Gasteiger partial charge in [0.2, 0.25) is 0 Å². The molecule has 25 heavy (non-hydrogen) atoms. The van der Waals surface area contributed by atoms with E-state index >= 15 is 0 Å². The van der Waals surface area contributed by atoms with E-state index in [4.69, 9.17) is 0 Å². The van der Waals surface area contributed by atoms with Gasteiger partial charge in [-0.3, -0.25) is 0 Å². The minimum Gasteiger partial charge on any atom is -0.0991 e. The molecule has 0 nitrogen and oxygen atoms in total. The highest BCUT2D eigenvalue weighted by atomic mass is 14.1. The number of hydrogen-bond donors (Lipinski definition) is 0. The first kappa shape index (κ1) is 23.7. The van der Waals surface area contributed by atoms with Crippen LogP contribution in [0.25, 0.3) is 0 Å². The predicted octanol–water partition coefficient (Wildman–Crippen LogP) is 8.73. The van der Waals surface area contributed by atoms with E-state index < -0.39 is 0 Å². The molecule has 142 valence electrons. The van der Waals surface area contributed by atoms with Gasteiger partial charge in [-0.15, -0.1) is 0 Å². The molecule has 0 saturated carbocycles.